The maximum atomic E-state index is 12.5. The molecular weight excluding hydrogens is 187 g/mol. The summed E-state index contributed by atoms with van der Waals surface area (Å²) in [6, 6.07) is 5.69. The molecule has 0 aromatic heterocycles. The van der Waals surface area contributed by atoms with E-state index in [9.17, 15) is 9.18 Å². The largest absolute Gasteiger partial charge is 0.452 e. The Morgan fingerprint density at radius 3 is 2.71 bits per heavy atom. The molecule has 0 radical (unpaired) electrons. The third-order valence-corrected chi connectivity index (χ3v) is 1.42. The Morgan fingerprint density at radius 1 is 1.50 bits per heavy atom. The van der Waals surface area contributed by atoms with E-state index in [4.69, 9.17) is 0 Å². The second-order valence-corrected chi connectivity index (χ2v) is 2.41. The van der Waals surface area contributed by atoms with Crippen LogP contribution in [0.15, 0.2) is 29.4 Å². The highest BCUT2D eigenvalue weighted by Crippen LogP contribution is 1.99. The number of carbonyl (C=O) groups excluding carboxylic acids is 1. The number of nitrogens with zero attached hydrogens (tertiary/aromatic N) is 1. The van der Waals surface area contributed by atoms with E-state index in [2.05, 4.69) is 15.3 Å². The number of benzene rings is 1. The Morgan fingerprint density at radius 2 is 2.14 bits per heavy atom. The molecule has 5 heteroatoms. The van der Waals surface area contributed by atoms with Crippen molar-refractivity contribution in [3.05, 3.63) is 35.6 Å². The SMILES string of the molecule is COC(=O)N/N=C/c1ccc(F)cc1. The molecule has 1 rings (SSSR count). The first-order valence-corrected chi connectivity index (χ1v) is 3.85. The van der Waals surface area contributed by atoms with Crippen molar-refractivity contribution in [1.82, 2.24) is 5.43 Å². The number of ether oxygens (including phenoxy) is 1. The molecule has 1 aromatic rings. The first-order valence-electron chi connectivity index (χ1n) is 3.85. The zero-order valence-electron chi connectivity index (χ0n) is 7.53. The zero-order valence-corrected chi connectivity index (χ0v) is 7.53. The summed E-state index contributed by atoms with van der Waals surface area (Å²) < 4.78 is 16.7. The predicted molar refractivity (Wildman–Crippen MR) is 49.5 cm³/mol. The minimum atomic E-state index is -0.650. The van der Waals surface area contributed by atoms with Gasteiger partial charge >= 0.3 is 6.09 Å². The van der Waals surface area contributed by atoms with E-state index < -0.39 is 6.09 Å². The molecule has 1 aromatic carbocycles. The molecule has 14 heavy (non-hydrogen) atoms. The average Bonchev–Trinajstić information content (AvgIpc) is 2.21. The third-order valence-electron chi connectivity index (χ3n) is 1.42. The van der Waals surface area contributed by atoms with Gasteiger partial charge in [0, 0.05) is 0 Å². The number of hydrogen-bond donors (Lipinski definition) is 1. The van der Waals surface area contributed by atoms with Crippen LogP contribution in [0.25, 0.3) is 0 Å². The normalized spacial score (nSPS) is 10.1. The molecule has 4 nitrogen and oxygen atoms in total. The second-order valence-electron chi connectivity index (χ2n) is 2.41. The molecule has 0 fully saturated rings. The van der Waals surface area contributed by atoms with E-state index >= 15 is 0 Å². The van der Waals surface area contributed by atoms with E-state index in [1.807, 2.05) is 0 Å². The molecule has 0 bridgehead atoms. The van der Waals surface area contributed by atoms with Gasteiger partial charge in [0.25, 0.3) is 0 Å². The van der Waals surface area contributed by atoms with Gasteiger partial charge < -0.3 is 4.74 Å². The average molecular weight is 196 g/mol. The highest BCUT2D eigenvalue weighted by Gasteiger charge is 1.93. The Labute approximate surface area is 80.4 Å². The summed E-state index contributed by atoms with van der Waals surface area (Å²) in [7, 11) is 1.24. The van der Waals surface area contributed by atoms with Crippen LogP contribution in [-0.2, 0) is 4.74 Å². The maximum absolute atomic E-state index is 12.5. The minimum absolute atomic E-state index is 0.317. The Bertz CT molecular complexity index is 335. The molecule has 0 heterocycles. The van der Waals surface area contributed by atoms with E-state index in [1.165, 1.54) is 37.6 Å². The van der Waals surface area contributed by atoms with Gasteiger partial charge in [0.05, 0.1) is 13.3 Å². The summed E-state index contributed by atoms with van der Waals surface area (Å²) in [4.78, 5) is 10.5. The number of methoxy groups -OCH3 is 1. The summed E-state index contributed by atoms with van der Waals surface area (Å²) in [5.41, 5.74) is 2.79. The van der Waals surface area contributed by atoms with Gasteiger partial charge in [0.2, 0.25) is 0 Å². The lowest BCUT2D eigenvalue weighted by Crippen LogP contribution is -2.16. The molecule has 0 saturated carbocycles. The molecule has 1 amide bonds. The highest BCUT2D eigenvalue weighted by atomic mass is 19.1. The summed E-state index contributed by atoms with van der Waals surface area (Å²) in [5.74, 6) is -0.317. The lowest BCUT2D eigenvalue weighted by molar-refractivity contribution is 0.171. The second kappa shape index (κ2) is 4.96. The number of carbonyl (C=O) groups is 1. The summed E-state index contributed by atoms with van der Waals surface area (Å²) in [6.07, 6.45) is 0.736. The summed E-state index contributed by atoms with van der Waals surface area (Å²) in [5, 5.41) is 3.57. The fourth-order valence-corrected chi connectivity index (χ4v) is 0.754. The molecule has 74 valence electrons. The van der Waals surface area contributed by atoms with Crippen molar-refractivity contribution in [3.8, 4) is 0 Å². The van der Waals surface area contributed by atoms with Crippen LogP contribution >= 0.6 is 0 Å². The molecule has 1 N–H and O–H groups in total. The fraction of sp³-hybridized carbons (Fsp3) is 0.111. The maximum Gasteiger partial charge on any atom is 0.427 e. The van der Waals surface area contributed by atoms with Gasteiger partial charge in [-0.1, -0.05) is 12.1 Å². The number of rotatable bonds is 2. The number of halogens is 1. The van der Waals surface area contributed by atoms with Crippen molar-refractivity contribution in [2.45, 2.75) is 0 Å². The van der Waals surface area contributed by atoms with E-state index in [0.29, 0.717) is 5.56 Å². The van der Waals surface area contributed by atoms with Gasteiger partial charge in [-0.3, -0.25) is 0 Å². The van der Waals surface area contributed by atoms with Crippen LogP contribution in [0, 0.1) is 5.82 Å². The van der Waals surface area contributed by atoms with Crippen LogP contribution < -0.4 is 5.43 Å². The van der Waals surface area contributed by atoms with Crippen LogP contribution in [0.4, 0.5) is 9.18 Å². The number of hydrazone groups is 1. The van der Waals surface area contributed by atoms with Gasteiger partial charge in [-0.25, -0.2) is 14.6 Å². The zero-order chi connectivity index (χ0) is 10.4. The first-order chi connectivity index (χ1) is 6.72. The van der Waals surface area contributed by atoms with Crippen molar-refractivity contribution in [2.75, 3.05) is 7.11 Å². The Kier molecular flexibility index (Phi) is 3.60. The van der Waals surface area contributed by atoms with E-state index in [1.54, 1.807) is 0 Å². The smallest absolute Gasteiger partial charge is 0.427 e. The standard InChI is InChI=1S/C9H9FN2O2/c1-14-9(13)12-11-6-7-2-4-8(10)5-3-7/h2-6H,1H3,(H,12,13)/b11-6+. The number of amides is 1. The van der Waals surface area contributed by atoms with Gasteiger partial charge in [0.15, 0.2) is 0 Å². The van der Waals surface area contributed by atoms with Crippen molar-refractivity contribution < 1.29 is 13.9 Å². The van der Waals surface area contributed by atoms with Gasteiger partial charge in [-0.05, 0) is 17.7 Å². The van der Waals surface area contributed by atoms with Crippen LogP contribution in [0.3, 0.4) is 0 Å². The predicted octanol–water partition coefficient (Wildman–Crippen LogP) is 1.52. The van der Waals surface area contributed by atoms with Crippen molar-refractivity contribution in [2.24, 2.45) is 5.10 Å². The first kappa shape index (κ1) is 10.2. The van der Waals surface area contributed by atoms with E-state index in [0.717, 1.165) is 0 Å². The van der Waals surface area contributed by atoms with E-state index in [-0.39, 0.29) is 5.82 Å². The fourth-order valence-electron chi connectivity index (χ4n) is 0.754. The van der Waals surface area contributed by atoms with Crippen molar-refractivity contribution in [1.29, 1.82) is 0 Å². The molecule has 0 aliphatic rings. The van der Waals surface area contributed by atoms with Crippen LogP contribution in [0.2, 0.25) is 0 Å². The highest BCUT2D eigenvalue weighted by molar-refractivity contribution is 5.80. The van der Waals surface area contributed by atoms with Crippen LogP contribution in [-0.4, -0.2) is 19.4 Å². The Balaban J connectivity index is 2.52. The number of nitrogens with one attached hydrogen (secondary N) is 1. The molecular formula is C9H9FN2O2. The molecule has 0 unspecified atom stereocenters. The lowest BCUT2D eigenvalue weighted by Gasteiger charge is -1.95. The van der Waals surface area contributed by atoms with Gasteiger partial charge in [-0.2, -0.15) is 5.10 Å². The lowest BCUT2D eigenvalue weighted by atomic mass is 10.2. The third kappa shape index (κ3) is 3.22. The molecule has 0 atom stereocenters. The monoisotopic (exact) mass is 196 g/mol. The van der Waals surface area contributed by atoms with Crippen molar-refractivity contribution >= 4 is 12.3 Å². The van der Waals surface area contributed by atoms with Gasteiger partial charge in [-0.15, -0.1) is 0 Å². The van der Waals surface area contributed by atoms with Gasteiger partial charge in [0.1, 0.15) is 5.82 Å². The molecule has 0 aliphatic heterocycles. The number of hydrogen-bond acceptors (Lipinski definition) is 3. The van der Waals surface area contributed by atoms with Crippen LogP contribution in [0.1, 0.15) is 5.56 Å². The minimum Gasteiger partial charge on any atom is -0.452 e. The summed E-state index contributed by atoms with van der Waals surface area (Å²) in [6.45, 7) is 0. The molecule has 0 spiro atoms. The topological polar surface area (TPSA) is 50.7 Å². The molecule has 0 saturated heterocycles. The quantitative estimate of drug-likeness (QED) is 0.575. The molecule has 0 aliphatic carbocycles. The Hall–Kier alpha value is -1.91. The van der Waals surface area contributed by atoms with Crippen LogP contribution in [0.5, 0.6) is 0 Å². The van der Waals surface area contributed by atoms with Crippen molar-refractivity contribution in [3.63, 3.8) is 0 Å². The summed E-state index contributed by atoms with van der Waals surface area (Å²) >= 11 is 0.